The maximum absolute atomic E-state index is 4.19. The van der Waals surface area contributed by atoms with E-state index in [1.807, 2.05) is 18.5 Å². The van der Waals surface area contributed by atoms with Crippen molar-refractivity contribution in [3.05, 3.63) is 30.1 Å². The van der Waals surface area contributed by atoms with Gasteiger partial charge in [0.1, 0.15) is 0 Å². The second-order valence-electron chi connectivity index (χ2n) is 3.05. The highest BCUT2D eigenvalue weighted by Gasteiger charge is 2.03. The summed E-state index contributed by atoms with van der Waals surface area (Å²) in [7, 11) is 0. The van der Waals surface area contributed by atoms with Gasteiger partial charge in [0.2, 0.25) is 0 Å². The summed E-state index contributed by atoms with van der Waals surface area (Å²) in [6.07, 6.45) is 6.15. The van der Waals surface area contributed by atoms with E-state index in [1.165, 1.54) is 18.4 Å². The zero-order valence-corrected chi connectivity index (χ0v) is 8.30. The van der Waals surface area contributed by atoms with Crippen molar-refractivity contribution in [2.24, 2.45) is 0 Å². The van der Waals surface area contributed by atoms with Crippen LogP contribution in [0.1, 0.15) is 31.2 Å². The highest BCUT2D eigenvalue weighted by atomic mass is 32.1. The smallest absolute Gasteiger partial charge is 0.0302 e. The van der Waals surface area contributed by atoms with Crippen molar-refractivity contribution in [3.8, 4) is 0 Å². The Morgan fingerprint density at radius 1 is 1.58 bits per heavy atom. The number of hydrogen-bond donors (Lipinski definition) is 1. The molecule has 0 radical (unpaired) electrons. The van der Waals surface area contributed by atoms with E-state index >= 15 is 0 Å². The molecule has 1 atom stereocenters. The van der Waals surface area contributed by atoms with Crippen LogP contribution in [-0.2, 0) is 0 Å². The van der Waals surface area contributed by atoms with Gasteiger partial charge in [0.05, 0.1) is 0 Å². The number of rotatable bonds is 4. The molecule has 0 aliphatic heterocycles. The number of thiol groups is 1. The van der Waals surface area contributed by atoms with Crippen molar-refractivity contribution < 1.29 is 0 Å². The van der Waals surface area contributed by atoms with Gasteiger partial charge in [-0.3, -0.25) is 4.98 Å². The molecule has 0 saturated heterocycles. The van der Waals surface area contributed by atoms with Crippen LogP contribution in [0.25, 0.3) is 0 Å². The topological polar surface area (TPSA) is 12.9 Å². The predicted octanol–water partition coefficient (Wildman–Crippen LogP) is 2.90. The van der Waals surface area contributed by atoms with Gasteiger partial charge < -0.3 is 0 Å². The lowest BCUT2D eigenvalue weighted by molar-refractivity contribution is 0.667. The summed E-state index contributed by atoms with van der Waals surface area (Å²) < 4.78 is 0. The molecular weight excluding hydrogens is 166 g/mol. The fourth-order valence-electron chi connectivity index (χ4n) is 1.23. The Morgan fingerprint density at radius 2 is 2.42 bits per heavy atom. The summed E-state index contributed by atoms with van der Waals surface area (Å²) in [5.74, 6) is 1.59. The first-order valence-corrected chi connectivity index (χ1v) is 4.98. The zero-order valence-electron chi connectivity index (χ0n) is 7.40. The van der Waals surface area contributed by atoms with Crippen LogP contribution in [0.4, 0.5) is 0 Å². The molecule has 66 valence electrons. The molecule has 1 heterocycles. The molecule has 1 rings (SSSR count). The van der Waals surface area contributed by atoms with Gasteiger partial charge in [0.15, 0.2) is 0 Å². The molecule has 0 spiro atoms. The Balaban J connectivity index is 2.48. The maximum atomic E-state index is 4.19. The summed E-state index contributed by atoms with van der Waals surface area (Å²) in [6, 6.07) is 4.13. The van der Waals surface area contributed by atoms with Crippen molar-refractivity contribution >= 4 is 12.6 Å². The van der Waals surface area contributed by atoms with Crippen LogP contribution in [0, 0.1) is 0 Å². The highest BCUT2D eigenvalue weighted by Crippen LogP contribution is 2.19. The molecule has 0 amide bonds. The lowest BCUT2D eigenvalue weighted by Crippen LogP contribution is -1.94. The normalized spacial score (nSPS) is 12.8. The van der Waals surface area contributed by atoms with Crippen molar-refractivity contribution in [1.82, 2.24) is 4.98 Å². The van der Waals surface area contributed by atoms with Gasteiger partial charge in [-0.25, -0.2) is 0 Å². The quantitative estimate of drug-likeness (QED) is 0.705. The fourth-order valence-corrected chi connectivity index (χ4v) is 1.41. The van der Waals surface area contributed by atoms with Crippen LogP contribution in [0.3, 0.4) is 0 Å². The van der Waals surface area contributed by atoms with Gasteiger partial charge in [-0.2, -0.15) is 12.6 Å². The van der Waals surface area contributed by atoms with Crippen LogP contribution >= 0.6 is 12.6 Å². The SMILES string of the molecule is CC(CCCS)c1cccnc1. The second kappa shape index (κ2) is 5.20. The lowest BCUT2D eigenvalue weighted by Gasteiger charge is -2.09. The number of aromatic nitrogens is 1. The van der Waals surface area contributed by atoms with Crippen LogP contribution in [0.5, 0.6) is 0 Å². The number of nitrogens with zero attached hydrogens (tertiary/aromatic N) is 1. The van der Waals surface area contributed by atoms with E-state index in [-0.39, 0.29) is 0 Å². The van der Waals surface area contributed by atoms with Crippen LogP contribution in [0.15, 0.2) is 24.5 Å². The third-order valence-corrected chi connectivity index (χ3v) is 2.36. The van der Waals surface area contributed by atoms with Gasteiger partial charge >= 0.3 is 0 Å². The van der Waals surface area contributed by atoms with E-state index in [0.717, 1.165) is 5.75 Å². The summed E-state index contributed by atoms with van der Waals surface area (Å²) in [5, 5.41) is 0. The average Bonchev–Trinajstić information content (AvgIpc) is 2.15. The van der Waals surface area contributed by atoms with E-state index in [1.54, 1.807) is 0 Å². The molecule has 1 aromatic heterocycles. The Bertz CT molecular complexity index is 210. The predicted molar refractivity (Wildman–Crippen MR) is 55.7 cm³/mol. The van der Waals surface area contributed by atoms with Crippen molar-refractivity contribution in [2.75, 3.05) is 5.75 Å². The summed E-state index contributed by atoms with van der Waals surface area (Å²) in [4.78, 5) is 4.09. The van der Waals surface area contributed by atoms with Gasteiger partial charge in [-0.15, -0.1) is 0 Å². The first-order valence-electron chi connectivity index (χ1n) is 4.35. The molecule has 12 heavy (non-hydrogen) atoms. The molecule has 0 aromatic carbocycles. The van der Waals surface area contributed by atoms with Crippen molar-refractivity contribution in [2.45, 2.75) is 25.7 Å². The number of pyridine rings is 1. The third-order valence-electron chi connectivity index (χ3n) is 2.05. The first-order chi connectivity index (χ1) is 5.84. The molecule has 0 bridgehead atoms. The average molecular weight is 181 g/mol. The van der Waals surface area contributed by atoms with Gasteiger partial charge in [-0.1, -0.05) is 13.0 Å². The highest BCUT2D eigenvalue weighted by molar-refractivity contribution is 7.80. The number of hydrogen-bond acceptors (Lipinski definition) is 2. The van der Waals surface area contributed by atoms with Crippen molar-refractivity contribution in [1.29, 1.82) is 0 Å². The minimum absolute atomic E-state index is 0.617. The van der Waals surface area contributed by atoms with E-state index in [0.29, 0.717) is 5.92 Å². The van der Waals surface area contributed by atoms with Crippen LogP contribution in [0.2, 0.25) is 0 Å². The fraction of sp³-hybridized carbons (Fsp3) is 0.500. The minimum Gasteiger partial charge on any atom is -0.264 e. The zero-order chi connectivity index (χ0) is 8.81. The van der Waals surface area contributed by atoms with E-state index < -0.39 is 0 Å². The van der Waals surface area contributed by atoms with Crippen LogP contribution in [-0.4, -0.2) is 10.7 Å². The Hall–Kier alpha value is -0.500. The molecule has 0 aliphatic carbocycles. The molecule has 0 fully saturated rings. The second-order valence-corrected chi connectivity index (χ2v) is 3.50. The molecule has 2 heteroatoms. The minimum atomic E-state index is 0.617. The maximum Gasteiger partial charge on any atom is 0.0302 e. The van der Waals surface area contributed by atoms with Gasteiger partial charge in [0, 0.05) is 12.4 Å². The summed E-state index contributed by atoms with van der Waals surface area (Å²) in [6.45, 7) is 2.24. The molecule has 1 unspecified atom stereocenters. The molecule has 1 aromatic rings. The standard InChI is InChI=1S/C10H15NS/c1-9(4-3-7-12)10-5-2-6-11-8-10/h2,5-6,8-9,12H,3-4,7H2,1H3. The largest absolute Gasteiger partial charge is 0.264 e. The van der Waals surface area contributed by atoms with E-state index in [4.69, 9.17) is 0 Å². The van der Waals surface area contributed by atoms with Gasteiger partial charge in [0.25, 0.3) is 0 Å². The molecule has 0 N–H and O–H groups in total. The van der Waals surface area contributed by atoms with E-state index in [2.05, 4.69) is 30.6 Å². The Kier molecular flexibility index (Phi) is 4.15. The van der Waals surface area contributed by atoms with Crippen molar-refractivity contribution in [3.63, 3.8) is 0 Å². The van der Waals surface area contributed by atoms with Gasteiger partial charge in [-0.05, 0) is 36.1 Å². The van der Waals surface area contributed by atoms with Crippen LogP contribution < -0.4 is 0 Å². The monoisotopic (exact) mass is 181 g/mol. The first kappa shape index (κ1) is 9.59. The summed E-state index contributed by atoms with van der Waals surface area (Å²) in [5.41, 5.74) is 1.33. The molecule has 0 aliphatic rings. The Morgan fingerprint density at radius 3 is 3.00 bits per heavy atom. The summed E-state index contributed by atoms with van der Waals surface area (Å²) >= 11 is 4.19. The third kappa shape index (κ3) is 2.86. The lowest BCUT2D eigenvalue weighted by atomic mass is 9.98. The molecule has 1 nitrogen and oxygen atoms in total. The van der Waals surface area contributed by atoms with E-state index in [9.17, 15) is 0 Å². The Labute approximate surface area is 79.6 Å². The molecular formula is C10H15NS. The molecule has 0 saturated carbocycles.